The van der Waals surface area contributed by atoms with E-state index in [2.05, 4.69) is 5.32 Å². The fraction of sp³-hybridized carbons (Fsp3) is 0.500. The molecule has 1 saturated heterocycles. The monoisotopic (exact) mass is 434 g/mol. The fourth-order valence-corrected chi connectivity index (χ4v) is 4.31. The highest BCUT2D eigenvalue weighted by atomic mass is 35.5. The summed E-state index contributed by atoms with van der Waals surface area (Å²) in [5.41, 5.74) is 0.357. The Labute approximate surface area is 181 Å². The van der Waals surface area contributed by atoms with E-state index < -0.39 is 11.9 Å². The number of carbonyl (C=O) groups is 3. The first-order valence-electron chi connectivity index (χ1n) is 10.0. The Kier molecular flexibility index (Phi) is 6.71. The molecule has 0 spiro atoms. The lowest BCUT2D eigenvalue weighted by atomic mass is 9.85. The highest BCUT2D eigenvalue weighted by Gasteiger charge is 2.51. The minimum absolute atomic E-state index is 0.101. The maximum atomic E-state index is 13.3. The number of fused-ring (bicyclic) bond motifs is 1. The van der Waals surface area contributed by atoms with Gasteiger partial charge in [-0.15, -0.1) is 0 Å². The molecule has 0 radical (unpaired) electrons. The average Bonchev–Trinajstić information content (AvgIpc) is 2.97. The number of ether oxygens (including phenoxy) is 2. The van der Waals surface area contributed by atoms with Crippen LogP contribution in [0.4, 0.5) is 5.69 Å². The smallest absolute Gasteiger partial charge is 0.247 e. The topological polar surface area (TPSA) is 84.9 Å². The SMILES string of the molecule is COc1cc(NC(=O)[C@H](CC(C)C)N2C(=O)[C@H]3CC=CC[C@H]3C2=O)c(OC)cc1Cl. The van der Waals surface area contributed by atoms with E-state index in [-0.39, 0.29) is 29.6 Å². The van der Waals surface area contributed by atoms with Crippen molar-refractivity contribution < 1.29 is 23.9 Å². The predicted octanol–water partition coefficient (Wildman–Crippen LogP) is 3.66. The summed E-state index contributed by atoms with van der Waals surface area (Å²) in [5, 5.41) is 3.14. The standard InChI is InChI=1S/C22H27ClN2O5/c1-12(2)9-17(25-21(27)13-7-5-6-8-14(13)22(25)28)20(26)24-16-11-18(29-3)15(23)10-19(16)30-4/h5-6,10-14,17H,7-9H2,1-4H3,(H,24,26)/t13-,14+,17-/m0/s1. The summed E-state index contributed by atoms with van der Waals surface area (Å²) in [7, 11) is 2.93. The summed E-state index contributed by atoms with van der Waals surface area (Å²) < 4.78 is 10.5. The molecule has 3 amide bonds. The van der Waals surface area contributed by atoms with Crippen molar-refractivity contribution in [1.29, 1.82) is 0 Å². The van der Waals surface area contributed by atoms with Crippen molar-refractivity contribution in [3.63, 3.8) is 0 Å². The van der Waals surface area contributed by atoms with E-state index >= 15 is 0 Å². The van der Waals surface area contributed by atoms with Crippen LogP contribution >= 0.6 is 11.6 Å². The molecule has 1 aromatic carbocycles. The number of hydrogen-bond acceptors (Lipinski definition) is 5. The van der Waals surface area contributed by atoms with Gasteiger partial charge < -0.3 is 14.8 Å². The first-order valence-corrected chi connectivity index (χ1v) is 10.4. The van der Waals surface area contributed by atoms with Crippen LogP contribution in [0.25, 0.3) is 0 Å². The molecule has 0 bridgehead atoms. The van der Waals surface area contributed by atoms with E-state index in [1.54, 1.807) is 12.1 Å². The Balaban J connectivity index is 1.91. The van der Waals surface area contributed by atoms with Crippen LogP contribution in [0.3, 0.4) is 0 Å². The third-order valence-electron chi connectivity index (χ3n) is 5.58. The number of methoxy groups -OCH3 is 2. The van der Waals surface area contributed by atoms with Crippen molar-refractivity contribution in [2.75, 3.05) is 19.5 Å². The van der Waals surface area contributed by atoms with Gasteiger partial charge in [-0.1, -0.05) is 37.6 Å². The van der Waals surface area contributed by atoms with Crippen molar-refractivity contribution in [2.24, 2.45) is 17.8 Å². The van der Waals surface area contributed by atoms with Crippen molar-refractivity contribution in [3.05, 3.63) is 29.3 Å². The number of carbonyl (C=O) groups excluding carboxylic acids is 3. The van der Waals surface area contributed by atoms with Gasteiger partial charge in [0.15, 0.2) is 0 Å². The third-order valence-corrected chi connectivity index (χ3v) is 5.88. The van der Waals surface area contributed by atoms with E-state index in [4.69, 9.17) is 21.1 Å². The molecule has 162 valence electrons. The lowest BCUT2D eigenvalue weighted by Crippen LogP contribution is -2.48. The molecule has 1 aliphatic carbocycles. The van der Waals surface area contributed by atoms with Gasteiger partial charge in [0, 0.05) is 12.1 Å². The number of anilines is 1. The van der Waals surface area contributed by atoms with Crippen LogP contribution in [-0.2, 0) is 14.4 Å². The number of allylic oxidation sites excluding steroid dienone is 2. The first kappa shape index (κ1) is 22.2. The largest absolute Gasteiger partial charge is 0.495 e. The zero-order chi connectivity index (χ0) is 22.0. The molecule has 1 fully saturated rings. The van der Waals surface area contributed by atoms with Gasteiger partial charge in [-0.05, 0) is 25.2 Å². The fourth-order valence-electron chi connectivity index (χ4n) is 4.08. The summed E-state index contributed by atoms with van der Waals surface area (Å²) in [6.07, 6.45) is 5.29. The molecular formula is C22H27ClN2O5. The molecule has 0 unspecified atom stereocenters. The molecule has 3 rings (SSSR count). The van der Waals surface area contributed by atoms with Crippen molar-refractivity contribution in [3.8, 4) is 11.5 Å². The van der Waals surface area contributed by atoms with Crippen LogP contribution in [0.1, 0.15) is 33.1 Å². The van der Waals surface area contributed by atoms with Gasteiger partial charge in [-0.3, -0.25) is 19.3 Å². The number of hydrogen-bond donors (Lipinski definition) is 1. The van der Waals surface area contributed by atoms with Gasteiger partial charge in [0.1, 0.15) is 17.5 Å². The Morgan fingerprint density at radius 3 is 2.17 bits per heavy atom. The number of rotatable bonds is 7. The van der Waals surface area contributed by atoms with Gasteiger partial charge in [0.05, 0.1) is 36.8 Å². The lowest BCUT2D eigenvalue weighted by molar-refractivity contribution is -0.147. The number of nitrogens with zero attached hydrogens (tertiary/aromatic N) is 1. The molecule has 8 heteroatoms. The van der Waals surface area contributed by atoms with E-state index in [1.807, 2.05) is 26.0 Å². The number of likely N-dealkylation sites (tertiary alicyclic amines) is 1. The predicted molar refractivity (Wildman–Crippen MR) is 114 cm³/mol. The highest BCUT2D eigenvalue weighted by Crippen LogP contribution is 2.39. The molecule has 30 heavy (non-hydrogen) atoms. The summed E-state index contributed by atoms with van der Waals surface area (Å²) in [6.45, 7) is 3.90. The Bertz CT molecular complexity index is 857. The Hall–Kier alpha value is -2.54. The second-order valence-electron chi connectivity index (χ2n) is 8.02. The zero-order valence-electron chi connectivity index (χ0n) is 17.6. The van der Waals surface area contributed by atoms with Crippen LogP contribution in [0.2, 0.25) is 5.02 Å². The van der Waals surface area contributed by atoms with E-state index in [9.17, 15) is 14.4 Å². The summed E-state index contributed by atoms with van der Waals surface area (Å²) in [6, 6.07) is 2.20. The van der Waals surface area contributed by atoms with Gasteiger partial charge >= 0.3 is 0 Å². The normalized spacial score (nSPS) is 21.6. The van der Waals surface area contributed by atoms with Gasteiger partial charge in [-0.25, -0.2) is 0 Å². The molecule has 1 aromatic rings. The maximum Gasteiger partial charge on any atom is 0.247 e. The lowest BCUT2D eigenvalue weighted by Gasteiger charge is -2.27. The molecular weight excluding hydrogens is 408 g/mol. The molecule has 0 saturated carbocycles. The van der Waals surface area contributed by atoms with E-state index in [0.29, 0.717) is 41.5 Å². The second kappa shape index (κ2) is 9.08. The minimum Gasteiger partial charge on any atom is -0.495 e. The maximum absolute atomic E-state index is 13.3. The number of halogens is 1. The second-order valence-corrected chi connectivity index (χ2v) is 8.43. The van der Waals surface area contributed by atoms with Gasteiger partial charge in [0.2, 0.25) is 17.7 Å². The molecule has 7 nitrogen and oxygen atoms in total. The van der Waals surface area contributed by atoms with Crippen molar-refractivity contribution in [2.45, 2.75) is 39.2 Å². The van der Waals surface area contributed by atoms with Crippen LogP contribution in [-0.4, -0.2) is 42.9 Å². The highest BCUT2D eigenvalue weighted by molar-refractivity contribution is 6.32. The molecule has 2 aliphatic rings. The quantitative estimate of drug-likeness (QED) is 0.523. The summed E-state index contributed by atoms with van der Waals surface area (Å²) in [4.78, 5) is 40.5. The molecule has 1 N–H and O–H groups in total. The number of amides is 3. The van der Waals surface area contributed by atoms with Crippen LogP contribution in [0.5, 0.6) is 11.5 Å². The van der Waals surface area contributed by atoms with Crippen LogP contribution in [0.15, 0.2) is 24.3 Å². The minimum atomic E-state index is -0.901. The molecule has 1 heterocycles. The molecule has 0 aromatic heterocycles. The van der Waals surface area contributed by atoms with E-state index in [1.165, 1.54) is 19.1 Å². The van der Waals surface area contributed by atoms with Crippen LogP contribution in [0, 0.1) is 17.8 Å². The third kappa shape index (κ3) is 4.17. The molecule has 1 aliphatic heterocycles. The van der Waals surface area contributed by atoms with Gasteiger partial charge in [0.25, 0.3) is 0 Å². The number of imide groups is 1. The number of nitrogens with one attached hydrogen (secondary N) is 1. The number of benzene rings is 1. The van der Waals surface area contributed by atoms with Crippen LogP contribution < -0.4 is 14.8 Å². The van der Waals surface area contributed by atoms with Gasteiger partial charge in [-0.2, -0.15) is 0 Å². The zero-order valence-corrected chi connectivity index (χ0v) is 18.4. The summed E-state index contributed by atoms with van der Waals surface area (Å²) in [5.74, 6) is -0.909. The van der Waals surface area contributed by atoms with E-state index in [0.717, 1.165) is 0 Å². The first-order chi connectivity index (χ1) is 14.3. The van der Waals surface area contributed by atoms with Crippen molar-refractivity contribution >= 4 is 35.0 Å². The Morgan fingerprint density at radius 1 is 1.10 bits per heavy atom. The average molecular weight is 435 g/mol. The molecule has 3 atom stereocenters. The van der Waals surface area contributed by atoms with Crippen molar-refractivity contribution in [1.82, 2.24) is 4.90 Å². The summed E-state index contributed by atoms with van der Waals surface area (Å²) >= 11 is 6.14. The Morgan fingerprint density at radius 2 is 1.67 bits per heavy atom.